The van der Waals surface area contributed by atoms with Gasteiger partial charge in [-0.15, -0.1) is 0 Å². The molecule has 2 aliphatic carbocycles. The second kappa shape index (κ2) is 4.06. The minimum atomic E-state index is 0.732. The molecule has 0 aromatic rings. The summed E-state index contributed by atoms with van der Waals surface area (Å²) in [4.78, 5) is 2.80. The highest BCUT2D eigenvalue weighted by atomic mass is 15.2. The fourth-order valence-corrected chi connectivity index (χ4v) is 3.98. The molecule has 1 heterocycles. The molecule has 3 rings (SSSR count). The summed E-state index contributed by atoms with van der Waals surface area (Å²) in [6.45, 7) is 2.23. The molecule has 1 saturated heterocycles. The summed E-state index contributed by atoms with van der Waals surface area (Å²) in [6, 6.07) is 1.64. The van der Waals surface area contributed by atoms with E-state index in [0.29, 0.717) is 0 Å². The third-order valence-corrected chi connectivity index (χ3v) is 4.87. The van der Waals surface area contributed by atoms with E-state index in [1.165, 1.54) is 51.5 Å². The highest BCUT2D eigenvalue weighted by Gasteiger charge is 2.42. The van der Waals surface area contributed by atoms with E-state index in [1.54, 1.807) is 0 Å². The Labute approximate surface area is 93.2 Å². The van der Waals surface area contributed by atoms with Gasteiger partial charge in [-0.3, -0.25) is 4.90 Å². The maximum absolute atomic E-state index is 5.99. The van der Waals surface area contributed by atoms with Crippen molar-refractivity contribution in [2.45, 2.75) is 57.0 Å². The van der Waals surface area contributed by atoms with Gasteiger partial charge in [0, 0.05) is 18.6 Å². The highest BCUT2D eigenvalue weighted by molar-refractivity contribution is 4.97. The number of hydrogen-bond acceptors (Lipinski definition) is 2. The Bertz CT molecular complexity index is 223. The molecule has 2 heteroatoms. The molecule has 2 N–H and O–H groups in total. The van der Waals surface area contributed by atoms with Crippen molar-refractivity contribution in [1.29, 1.82) is 0 Å². The van der Waals surface area contributed by atoms with Gasteiger partial charge in [0.05, 0.1) is 0 Å². The Kier molecular flexibility index (Phi) is 2.73. The van der Waals surface area contributed by atoms with Crippen LogP contribution in [0.5, 0.6) is 0 Å². The van der Waals surface area contributed by atoms with E-state index in [1.807, 2.05) is 0 Å². The molecule has 0 radical (unpaired) electrons. The molecule has 2 nitrogen and oxygen atoms in total. The van der Waals surface area contributed by atoms with Crippen LogP contribution in [0, 0.1) is 11.8 Å². The Morgan fingerprint density at radius 2 is 1.87 bits per heavy atom. The number of nitrogens with zero attached hydrogens (tertiary/aromatic N) is 1. The van der Waals surface area contributed by atoms with E-state index in [9.17, 15) is 0 Å². The van der Waals surface area contributed by atoms with Crippen LogP contribution in [-0.2, 0) is 0 Å². The Hall–Kier alpha value is -0.0800. The van der Waals surface area contributed by atoms with Crippen molar-refractivity contribution in [1.82, 2.24) is 4.90 Å². The molecule has 86 valence electrons. The van der Waals surface area contributed by atoms with Crippen LogP contribution >= 0.6 is 0 Å². The van der Waals surface area contributed by atoms with Gasteiger partial charge in [0.1, 0.15) is 0 Å². The topological polar surface area (TPSA) is 29.3 Å². The fraction of sp³-hybridized carbons (Fsp3) is 1.00. The van der Waals surface area contributed by atoms with E-state index in [-0.39, 0.29) is 0 Å². The SMILES string of the molecule is NCC(C1CC1)N1CCCC2CCCC21. The lowest BCUT2D eigenvalue weighted by Crippen LogP contribution is -2.52. The van der Waals surface area contributed by atoms with Crippen LogP contribution in [-0.4, -0.2) is 30.1 Å². The Morgan fingerprint density at radius 3 is 2.60 bits per heavy atom. The normalized spacial score (nSPS) is 39.0. The average Bonchev–Trinajstić information content (AvgIpc) is 2.97. The summed E-state index contributed by atoms with van der Waals surface area (Å²) in [5.74, 6) is 1.97. The Balaban J connectivity index is 1.71. The zero-order valence-electron chi connectivity index (χ0n) is 9.70. The molecular formula is C13H24N2. The van der Waals surface area contributed by atoms with Crippen molar-refractivity contribution < 1.29 is 0 Å². The summed E-state index contributed by atoms with van der Waals surface area (Å²) < 4.78 is 0. The average molecular weight is 208 g/mol. The van der Waals surface area contributed by atoms with Crippen LogP contribution in [0.2, 0.25) is 0 Å². The van der Waals surface area contributed by atoms with Crippen molar-refractivity contribution in [3.63, 3.8) is 0 Å². The van der Waals surface area contributed by atoms with Crippen LogP contribution < -0.4 is 5.73 Å². The number of piperidine rings is 1. The molecule has 0 aromatic heterocycles. The smallest absolute Gasteiger partial charge is 0.0249 e. The Morgan fingerprint density at radius 1 is 1.07 bits per heavy atom. The predicted octanol–water partition coefficient (Wildman–Crippen LogP) is 1.99. The lowest BCUT2D eigenvalue weighted by Gasteiger charge is -2.42. The summed E-state index contributed by atoms with van der Waals surface area (Å²) in [6.07, 6.45) is 10.2. The quantitative estimate of drug-likeness (QED) is 0.768. The first kappa shape index (κ1) is 10.1. The van der Waals surface area contributed by atoms with Crippen LogP contribution in [0.25, 0.3) is 0 Å². The van der Waals surface area contributed by atoms with Gasteiger partial charge < -0.3 is 5.73 Å². The van der Waals surface area contributed by atoms with Gasteiger partial charge in [0.15, 0.2) is 0 Å². The van der Waals surface area contributed by atoms with Gasteiger partial charge in [-0.05, 0) is 56.9 Å². The van der Waals surface area contributed by atoms with Gasteiger partial charge in [-0.1, -0.05) is 6.42 Å². The monoisotopic (exact) mass is 208 g/mol. The van der Waals surface area contributed by atoms with Gasteiger partial charge in [-0.2, -0.15) is 0 Å². The van der Waals surface area contributed by atoms with E-state index >= 15 is 0 Å². The van der Waals surface area contributed by atoms with Crippen molar-refractivity contribution >= 4 is 0 Å². The molecule has 15 heavy (non-hydrogen) atoms. The molecule has 3 fully saturated rings. The zero-order chi connectivity index (χ0) is 10.3. The van der Waals surface area contributed by atoms with Crippen LogP contribution in [0.1, 0.15) is 44.9 Å². The molecule has 1 aliphatic heterocycles. The molecule has 3 atom stereocenters. The minimum absolute atomic E-state index is 0.732. The maximum atomic E-state index is 5.99. The van der Waals surface area contributed by atoms with Crippen LogP contribution in [0.3, 0.4) is 0 Å². The summed E-state index contributed by atoms with van der Waals surface area (Å²) >= 11 is 0. The highest BCUT2D eigenvalue weighted by Crippen LogP contribution is 2.42. The first-order chi connectivity index (χ1) is 7.40. The van der Waals surface area contributed by atoms with Gasteiger partial charge in [0.2, 0.25) is 0 Å². The zero-order valence-corrected chi connectivity index (χ0v) is 9.70. The second-order valence-electron chi connectivity index (χ2n) is 5.78. The van der Waals surface area contributed by atoms with E-state index < -0.39 is 0 Å². The molecule has 0 spiro atoms. The van der Waals surface area contributed by atoms with Crippen molar-refractivity contribution in [2.75, 3.05) is 13.1 Å². The lowest BCUT2D eigenvalue weighted by molar-refractivity contribution is 0.0608. The van der Waals surface area contributed by atoms with Crippen LogP contribution in [0.15, 0.2) is 0 Å². The van der Waals surface area contributed by atoms with Gasteiger partial charge in [-0.25, -0.2) is 0 Å². The van der Waals surface area contributed by atoms with Crippen molar-refractivity contribution in [3.8, 4) is 0 Å². The first-order valence-corrected chi connectivity index (χ1v) is 6.86. The number of rotatable bonds is 3. The molecule has 0 aromatic carbocycles. The predicted molar refractivity (Wildman–Crippen MR) is 62.6 cm³/mol. The molecule has 3 aliphatic rings. The second-order valence-corrected chi connectivity index (χ2v) is 5.78. The maximum Gasteiger partial charge on any atom is 0.0249 e. The number of fused-ring (bicyclic) bond motifs is 1. The van der Waals surface area contributed by atoms with Crippen molar-refractivity contribution in [3.05, 3.63) is 0 Å². The van der Waals surface area contributed by atoms with Crippen molar-refractivity contribution in [2.24, 2.45) is 17.6 Å². The lowest BCUT2D eigenvalue weighted by atomic mass is 9.90. The summed E-state index contributed by atoms with van der Waals surface area (Å²) in [5, 5.41) is 0. The standard InChI is InChI=1S/C13H24N2/c14-9-13(11-6-7-11)15-8-2-4-10-3-1-5-12(10)15/h10-13H,1-9,14H2. The molecule has 0 bridgehead atoms. The third kappa shape index (κ3) is 1.83. The number of nitrogens with two attached hydrogens (primary N) is 1. The molecular weight excluding hydrogens is 184 g/mol. The first-order valence-electron chi connectivity index (χ1n) is 6.86. The van der Waals surface area contributed by atoms with E-state index in [0.717, 1.165) is 30.5 Å². The molecule has 2 saturated carbocycles. The third-order valence-electron chi connectivity index (χ3n) is 4.87. The van der Waals surface area contributed by atoms with Crippen LogP contribution in [0.4, 0.5) is 0 Å². The fourth-order valence-electron chi connectivity index (χ4n) is 3.98. The van der Waals surface area contributed by atoms with Gasteiger partial charge >= 0.3 is 0 Å². The number of hydrogen-bond donors (Lipinski definition) is 1. The van der Waals surface area contributed by atoms with Gasteiger partial charge in [0.25, 0.3) is 0 Å². The summed E-state index contributed by atoms with van der Waals surface area (Å²) in [7, 11) is 0. The minimum Gasteiger partial charge on any atom is -0.329 e. The molecule has 3 unspecified atom stereocenters. The van der Waals surface area contributed by atoms with E-state index in [2.05, 4.69) is 4.90 Å². The molecule has 0 amide bonds. The largest absolute Gasteiger partial charge is 0.329 e. The van der Waals surface area contributed by atoms with E-state index in [4.69, 9.17) is 5.73 Å². The summed E-state index contributed by atoms with van der Waals surface area (Å²) in [5.41, 5.74) is 5.99. The number of likely N-dealkylation sites (tertiary alicyclic amines) is 1.